The molecular formula is C23H27N5O3. The molecule has 0 aliphatic carbocycles. The van der Waals surface area contributed by atoms with E-state index in [2.05, 4.69) is 20.9 Å². The van der Waals surface area contributed by atoms with E-state index in [1.165, 1.54) is 0 Å². The number of hydrogen-bond acceptors (Lipinski definition) is 5. The molecule has 3 amide bonds. The molecule has 1 aliphatic rings. The topological polar surface area (TPSA) is 106 Å². The summed E-state index contributed by atoms with van der Waals surface area (Å²) in [7, 11) is 1.63. The van der Waals surface area contributed by atoms with Crippen LogP contribution in [0.4, 0.5) is 21.9 Å². The maximum absolute atomic E-state index is 12.8. The number of nitriles is 1. The molecule has 8 heteroatoms. The van der Waals surface area contributed by atoms with Gasteiger partial charge in [-0.3, -0.25) is 4.79 Å². The fourth-order valence-electron chi connectivity index (χ4n) is 3.50. The first kappa shape index (κ1) is 22.1. The summed E-state index contributed by atoms with van der Waals surface area (Å²) in [6.07, 6.45) is 2.92. The maximum atomic E-state index is 12.8. The van der Waals surface area contributed by atoms with Crippen LogP contribution in [0.25, 0.3) is 0 Å². The number of ether oxygens (including phenoxy) is 1. The van der Waals surface area contributed by atoms with E-state index in [9.17, 15) is 9.59 Å². The summed E-state index contributed by atoms with van der Waals surface area (Å²) in [5.41, 5.74) is 2.89. The van der Waals surface area contributed by atoms with Gasteiger partial charge in [0, 0.05) is 50.4 Å². The number of benzene rings is 2. The predicted octanol–water partition coefficient (Wildman–Crippen LogP) is 3.57. The van der Waals surface area contributed by atoms with Crippen LogP contribution in [0.3, 0.4) is 0 Å². The van der Waals surface area contributed by atoms with E-state index < -0.39 is 6.03 Å². The number of rotatable bonds is 8. The number of hydrogen-bond donors (Lipinski definition) is 3. The third kappa shape index (κ3) is 6.20. The average molecular weight is 422 g/mol. The Morgan fingerprint density at radius 3 is 2.55 bits per heavy atom. The van der Waals surface area contributed by atoms with E-state index in [-0.39, 0.29) is 5.91 Å². The fraction of sp³-hybridized carbons (Fsp3) is 0.348. The summed E-state index contributed by atoms with van der Waals surface area (Å²) in [6, 6.07) is 13.6. The molecule has 31 heavy (non-hydrogen) atoms. The van der Waals surface area contributed by atoms with E-state index in [1.807, 2.05) is 12.1 Å². The Morgan fingerprint density at radius 2 is 1.84 bits per heavy atom. The molecule has 3 rings (SSSR count). The molecule has 0 unspecified atom stereocenters. The number of anilines is 3. The van der Waals surface area contributed by atoms with Crippen LogP contribution < -0.4 is 20.9 Å². The van der Waals surface area contributed by atoms with Gasteiger partial charge in [0.2, 0.25) is 0 Å². The predicted molar refractivity (Wildman–Crippen MR) is 121 cm³/mol. The Balaban J connectivity index is 1.73. The van der Waals surface area contributed by atoms with Crippen LogP contribution in [0.1, 0.15) is 35.2 Å². The van der Waals surface area contributed by atoms with Crippen LogP contribution in [-0.2, 0) is 4.74 Å². The first-order chi connectivity index (χ1) is 15.1. The van der Waals surface area contributed by atoms with E-state index in [0.29, 0.717) is 35.7 Å². The second kappa shape index (κ2) is 11.0. The number of methoxy groups -OCH3 is 1. The summed E-state index contributed by atoms with van der Waals surface area (Å²) in [5.74, 6) is -0.177. The van der Waals surface area contributed by atoms with E-state index in [1.54, 1.807) is 43.5 Å². The molecule has 3 N–H and O–H groups in total. The third-order valence-corrected chi connectivity index (χ3v) is 5.01. The van der Waals surface area contributed by atoms with Gasteiger partial charge >= 0.3 is 6.03 Å². The number of urea groups is 1. The Bertz CT molecular complexity index is 964. The molecule has 162 valence electrons. The smallest absolute Gasteiger partial charge is 0.323 e. The highest BCUT2D eigenvalue weighted by molar-refractivity contribution is 6.04. The molecule has 0 aromatic heterocycles. The van der Waals surface area contributed by atoms with Gasteiger partial charge in [0.25, 0.3) is 5.91 Å². The van der Waals surface area contributed by atoms with Crippen molar-refractivity contribution in [2.45, 2.75) is 19.3 Å². The molecule has 8 nitrogen and oxygen atoms in total. The van der Waals surface area contributed by atoms with Gasteiger partial charge in [0.15, 0.2) is 0 Å². The van der Waals surface area contributed by atoms with E-state index in [4.69, 9.17) is 10.00 Å². The Labute approximate surface area is 182 Å². The first-order valence-electron chi connectivity index (χ1n) is 10.3. The van der Waals surface area contributed by atoms with Crippen molar-refractivity contribution in [3.05, 3.63) is 53.6 Å². The minimum absolute atomic E-state index is 0.177. The molecule has 2 aromatic carbocycles. The molecule has 0 bridgehead atoms. The summed E-state index contributed by atoms with van der Waals surface area (Å²) in [6.45, 7) is 2.91. The van der Waals surface area contributed by atoms with Gasteiger partial charge in [-0.25, -0.2) is 4.79 Å². The van der Waals surface area contributed by atoms with Crippen LogP contribution in [-0.4, -0.2) is 45.3 Å². The standard InChI is InChI=1S/C23H27N5O3/c1-31-13-5-10-25-22(29)20-15-19(8-9-21(20)28-11-2-3-12-28)27-23(30)26-18-7-4-6-17(14-18)16-24/h4,6-9,14-15H,2-3,5,10-13H2,1H3,(H,25,29)(H2,26,27,30). The van der Waals surface area contributed by atoms with Crippen molar-refractivity contribution in [1.29, 1.82) is 5.26 Å². The van der Waals surface area contributed by atoms with Gasteiger partial charge in [-0.1, -0.05) is 6.07 Å². The van der Waals surface area contributed by atoms with Crippen molar-refractivity contribution in [3.8, 4) is 6.07 Å². The lowest BCUT2D eigenvalue weighted by molar-refractivity contribution is 0.0949. The Morgan fingerprint density at radius 1 is 1.10 bits per heavy atom. The van der Waals surface area contributed by atoms with Gasteiger partial charge in [-0.05, 0) is 55.7 Å². The van der Waals surface area contributed by atoms with Gasteiger partial charge in [-0.2, -0.15) is 5.26 Å². The molecule has 1 heterocycles. The minimum Gasteiger partial charge on any atom is -0.385 e. The summed E-state index contributed by atoms with van der Waals surface area (Å²) in [5, 5.41) is 17.4. The molecular weight excluding hydrogens is 394 g/mol. The summed E-state index contributed by atoms with van der Waals surface area (Å²) < 4.78 is 5.03. The minimum atomic E-state index is -0.449. The maximum Gasteiger partial charge on any atom is 0.323 e. The van der Waals surface area contributed by atoms with Gasteiger partial charge < -0.3 is 25.6 Å². The van der Waals surface area contributed by atoms with Crippen LogP contribution in [0, 0.1) is 11.3 Å². The van der Waals surface area contributed by atoms with Crippen molar-refractivity contribution in [3.63, 3.8) is 0 Å². The lowest BCUT2D eigenvalue weighted by atomic mass is 10.1. The van der Waals surface area contributed by atoms with Gasteiger partial charge in [0.05, 0.1) is 17.2 Å². The number of carbonyl (C=O) groups excluding carboxylic acids is 2. The van der Waals surface area contributed by atoms with Crippen LogP contribution in [0.15, 0.2) is 42.5 Å². The molecule has 0 spiro atoms. The van der Waals surface area contributed by atoms with Gasteiger partial charge in [0.1, 0.15) is 0 Å². The molecule has 1 fully saturated rings. The van der Waals surface area contributed by atoms with Crippen molar-refractivity contribution >= 4 is 29.0 Å². The normalized spacial score (nSPS) is 12.8. The zero-order valence-electron chi connectivity index (χ0n) is 17.6. The Kier molecular flexibility index (Phi) is 7.85. The third-order valence-electron chi connectivity index (χ3n) is 5.01. The zero-order chi connectivity index (χ0) is 22.1. The number of nitrogens with zero attached hydrogens (tertiary/aromatic N) is 2. The number of carbonyl (C=O) groups is 2. The van der Waals surface area contributed by atoms with Crippen molar-refractivity contribution in [2.75, 3.05) is 48.9 Å². The number of nitrogens with one attached hydrogen (secondary N) is 3. The van der Waals surface area contributed by atoms with Crippen LogP contribution in [0.2, 0.25) is 0 Å². The SMILES string of the molecule is COCCCNC(=O)c1cc(NC(=O)Nc2cccc(C#N)c2)ccc1N1CCCC1. The zero-order valence-corrected chi connectivity index (χ0v) is 17.6. The molecule has 0 atom stereocenters. The largest absolute Gasteiger partial charge is 0.385 e. The summed E-state index contributed by atoms with van der Waals surface area (Å²) in [4.78, 5) is 27.5. The van der Waals surface area contributed by atoms with Crippen molar-refractivity contribution in [2.24, 2.45) is 0 Å². The molecule has 0 radical (unpaired) electrons. The summed E-state index contributed by atoms with van der Waals surface area (Å²) >= 11 is 0. The second-order valence-electron chi connectivity index (χ2n) is 7.30. The molecule has 1 saturated heterocycles. The van der Waals surface area contributed by atoms with E-state index >= 15 is 0 Å². The monoisotopic (exact) mass is 421 g/mol. The van der Waals surface area contributed by atoms with Gasteiger partial charge in [-0.15, -0.1) is 0 Å². The lowest BCUT2D eigenvalue weighted by Crippen LogP contribution is -2.29. The van der Waals surface area contributed by atoms with Crippen molar-refractivity contribution < 1.29 is 14.3 Å². The average Bonchev–Trinajstić information content (AvgIpc) is 3.31. The highest BCUT2D eigenvalue weighted by atomic mass is 16.5. The first-order valence-corrected chi connectivity index (χ1v) is 10.3. The quantitative estimate of drug-likeness (QED) is 0.565. The number of amides is 3. The highest BCUT2D eigenvalue weighted by Crippen LogP contribution is 2.27. The fourth-order valence-corrected chi connectivity index (χ4v) is 3.50. The second-order valence-corrected chi connectivity index (χ2v) is 7.30. The van der Waals surface area contributed by atoms with E-state index in [0.717, 1.165) is 38.0 Å². The van der Waals surface area contributed by atoms with Crippen molar-refractivity contribution in [1.82, 2.24) is 5.32 Å². The Hall–Kier alpha value is -3.57. The molecule has 0 saturated carbocycles. The van der Waals surface area contributed by atoms with Crippen LogP contribution in [0.5, 0.6) is 0 Å². The molecule has 2 aromatic rings. The highest BCUT2D eigenvalue weighted by Gasteiger charge is 2.20. The lowest BCUT2D eigenvalue weighted by Gasteiger charge is -2.22. The molecule has 1 aliphatic heterocycles. The van der Waals surface area contributed by atoms with Crippen LogP contribution >= 0.6 is 0 Å².